The second kappa shape index (κ2) is 7.45. The van der Waals surface area contributed by atoms with Crippen molar-refractivity contribution in [3.63, 3.8) is 0 Å². The molecule has 0 atom stereocenters. The highest BCUT2D eigenvalue weighted by Gasteiger charge is 2.10. The van der Waals surface area contributed by atoms with E-state index in [4.69, 9.17) is 9.15 Å². The van der Waals surface area contributed by atoms with Crippen LogP contribution in [0.4, 0.5) is 0 Å². The third kappa shape index (κ3) is 4.48. The predicted molar refractivity (Wildman–Crippen MR) is 82.1 cm³/mol. The van der Waals surface area contributed by atoms with Gasteiger partial charge in [-0.1, -0.05) is 26.0 Å². The Morgan fingerprint density at radius 2 is 1.91 bits per heavy atom. The Morgan fingerprint density at radius 3 is 2.50 bits per heavy atom. The zero-order valence-corrected chi connectivity index (χ0v) is 12.7. The number of ether oxygens (including phenoxy) is 1. The van der Waals surface area contributed by atoms with Gasteiger partial charge in [-0.3, -0.25) is 9.59 Å². The molecule has 0 aliphatic heterocycles. The van der Waals surface area contributed by atoms with Gasteiger partial charge >= 0.3 is 0 Å². The third-order valence-corrected chi connectivity index (χ3v) is 3.14. The lowest BCUT2D eigenvalue weighted by Crippen LogP contribution is -2.31. The lowest BCUT2D eigenvalue weighted by Gasteiger charge is -2.08. The highest BCUT2D eigenvalue weighted by molar-refractivity contribution is 5.94. The minimum atomic E-state index is -0.417. The molecule has 0 aliphatic carbocycles. The number of rotatable bonds is 7. The third-order valence-electron chi connectivity index (χ3n) is 3.14. The summed E-state index contributed by atoms with van der Waals surface area (Å²) in [5, 5.41) is 2.48. The molecular formula is C17H19NO4. The van der Waals surface area contributed by atoms with Crippen LogP contribution in [0.5, 0.6) is 5.75 Å². The van der Waals surface area contributed by atoms with Crippen LogP contribution in [0.25, 0.3) is 0 Å². The second-order valence-corrected chi connectivity index (χ2v) is 5.21. The zero-order valence-electron chi connectivity index (χ0n) is 12.7. The van der Waals surface area contributed by atoms with E-state index in [2.05, 4.69) is 19.2 Å². The molecule has 5 nitrogen and oxygen atoms in total. The number of ketones is 1. The van der Waals surface area contributed by atoms with Crippen LogP contribution in [0.1, 0.15) is 35.9 Å². The monoisotopic (exact) mass is 301 g/mol. The van der Waals surface area contributed by atoms with Crippen LogP contribution in [0.15, 0.2) is 47.1 Å². The summed E-state index contributed by atoms with van der Waals surface area (Å²) in [7, 11) is 0. The SMILES string of the molecule is CC(C)c1ccc(OCC(=O)CNC(=O)c2ccco2)cc1. The predicted octanol–water partition coefficient (Wildman–Crippen LogP) is 2.78. The summed E-state index contributed by atoms with van der Waals surface area (Å²) in [5.41, 5.74) is 1.21. The summed E-state index contributed by atoms with van der Waals surface area (Å²) in [6.07, 6.45) is 1.40. The van der Waals surface area contributed by atoms with Crippen molar-refractivity contribution in [2.24, 2.45) is 0 Å². The van der Waals surface area contributed by atoms with E-state index in [-0.39, 0.29) is 24.7 Å². The van der Waals surface area contributed by atoms with Crippen molar-refractivity contribution in [2.75, 3.05) is 13.2 Å². The van der Waals surface area contributed by atoms with Gasteiger partial charge in [-0.25, -0.2) is 0 Å². The Balaban J connectivity index is 1.74. The minimum absolute atomic E-state index is 0.0839. The van der Waals surface area contributed by atoms with E-state index in [0.29, 0.717) is 11.7 Å². The van der Waals surface area contributed by atoms with Gasteiger partial charge in [-0.2, -0.15) is 0 Å². The topological polar surface area (TPSA) is 68.5 Å². The van der Waals surface area contributed by atoms with Crippen molar-refractivity contribution >= 4 is 11.7 Å². The van der Waals surface area contributed by atoms with Crippen molar-refractivity contribution in [2.45, 2.75) is 19.8 Å². The van der Waals surface area contributed by atoms with E-state index >= 15 is 0 Å². The Bertz CT molecular complexity index is 615. The van der Waals surface area contributed by atoms with Crippen LogP contribution < -0.4 is 10.1 Å². The number of Topliss-reactive ketones (excluding diaryl/α,β-unsaturated/α-hetero) is 1. The van der Waals surface area contributed by atoms with Gasteiger partial charge < -0.3 is 14.5 Å². The molecule has 0 aliphatic rings. The van der Waals surface area contributed by atoms with E-state index in [1.807, 2.05) is 24.3 Å². The molecule has 0 saturated carbocycles. The average Bonchev–Trinajstić information content (AvgIpc) is 3.05. The van der Waals surface area contributed by atoms with Gasteiger partial charge in [0.2, 0.25) is 0 Å². The van der Waals surface area contributed by atoms with E-state index in [9.17, 15) is 9.59 Å². The van der Waals surface area contributed by atoms with E-state index in [0.717, 1.165) is 0 Å². The Kier molecular flexibility index (Phi) is 5.36. The summed E-state index contributed by atoms with van der Waals surface area (Å²) < 4.78 is 10.3. The van der Waals surface area contributed by atoms with Crippen LogP contribution in [-0.4, -0.2) is 24.8 Å². The van der Waals surface area contributed by atoms with Crippen LogP contribution >= 0.6 is 0 Å². The van der Waals surface area contributed by atoms with Gasteiger partial charge in [-0.15, -0.1) is 0 Å². The lowest BCUT2D eigenvalue weighted by atomic mass is 10.0. The van der Waals surface area contributed by atoms with E-state index in [1.54, 1.807) is 6.07 Å². The maximum absolute atomic E-state index is 11.7. The van der Waals surface area contributed by atoms with Crippen molar-refractivity contribution in [3.05, 3.63) is 54.0 Å². The highest BCUT2D eigenvalue weighted by Crippen LogP contribution is 2.18. The molecule has 0 saturated heterocycles. The highest BCUT2D eigenvalue weighted by atomic mass is 16.5. The van der Waals surface area contributed by atoms with Gasteiger partial charge in [0.15, 0.2) is 11.5 Å². The summed E-state index contributed by atoms with van der Waals surface area (Å²) in [6.45, 7) is 4.05. The number of carbonyl (C=O) groups excluding carboxylic acids is 2. The van der Waals surface area contributed by atoms with Crippen LogP contribution in [0.2, 0.25) is 0 Å². The molecule has 1 aromatic heterocycles. The lowest BCUT2D eigenvalue weighted by molar-refractivity contribution is -0.120. The molecule has 5 heteroatoms. The molecule has 2 aromatic rings. The van der Waals surface area contributed by atoms with Crippen LogP contribution in [0.3, 0.4) is 0 Å². The molecular weight excluding hydrogens is 282 g/mol. The Morgan fingerprint density at radius 1 is 1.18 bits per heavy atom. The Labute approximate surface area is 129 Å². The van der Waals surface area contributed by atoms with Gasteiger partial charge in [0, 0.05) is 0 Å². The van der Waals surface area contributed by atoms with Gasteiger partial charge in [-0.05, 0) is 35.7 Å². The number of hydrogen-bond donors (Lipinski definition) is 1. The van der Waals surface area contributed by atoms with Crippen LogP contribution in [0, 0.1) is 0 Å². The molecule has 0 fully saturated rings. The molecule has 1 amide bonds. The van der Waals surface area contributed by atoms with E-state index < -0.39 is 5.91 Å². The first-order valence-corrected chi connectivity index (χ1v) is 7.12. The molecule has 116 valence electrons. The first-order valence-electron chi connectivity index (χ1n) is 7.12. The standard InChI is InChI=1S/C17H19NO4/c1-12(2)13-5-7-15(8-6-13)22-11-14(19)10-18-17(20)16-4-3-9-21-16/h3-9,12H,10-11H2,1-2H3,(H,18,20). The van der Waals surface area contributed by atoms with Crippen molar-refractivity contribution in [3.8, 4) is 5.75 Å². The second-order valence-electron chi connectivity index (χ2n) is 5.21. The first-order chi connectivity index (χ1) is 10.6. The largest absolute Gasteiger partial charge is 0.486 e. The summed E-state index contributed by atoms with van der Waals surface area (Å²) >= 11 is 0. The average molecular weight is 301 g/mol. The molecule has 1 aromatic carbocycles. The number of carbonyl (C=O) groups is 2. The van der Waals surface area contributed by atoms with Crippen molar-refractivity contribution in [1.82, 2.24) is 5.32 Å². The molecule has 1 N–H and O–H groups in total. The molecule has 0 spiro atoms. The maximum Gasteiger partial charge on any atom is 0.287 e. The first kappa shape index (κ1) is 15.8. The fourth-order valence-corrected chi connectivity index (χ4v) is 1.84. The maximum atomic E-state index is 11.7. The van der Waals surface area contributed by atoms with Gasteiger partial charge in [0.1, 0.15) is 12.4 Å². The molecule has 1 heterocycles. The number of benzene rings is 1. The number of nitrogens with one attached hydrogen (secondary N) is 1. The molecule has 0 bridgehead atoms. The smallest absolute Gasteiger partial charge is 0.287 e. The summed E-state index contributed by atoms with van der Waals surface area (Å²) in [5.74, 6) is 0.632. The zero-order chi connectivity index (χ0) is 15.9. The van der Waals surface area contributed by atoms with Crippen molar-refractivity contribution < 1.29 is 18.7 Å². The normalized spacial score (nSPS) is 10.5. The Hall–Kier alpha value is -2.56. The van der Waals surface area contributed by atoms with E-state index in [1.165, 1.54) is 17.9 Å². The van der Waals surface area contributed by atoms with Gasteiger partial charge in [0.25, 0.3) is 5.91 Å². The molecule has 22 heavy (non-hydrogen) atoms. The minimum Gasteiger partial charge on any atom is -0.486 e. The van der Waals surface area contributed by atoms with Gasteiger partial charge in [0.05, 0.1) is 12.8 Å². The fraction of sp³-hybridized carbons (Fsp3) is 0.294. The molecule has 2 rings (SSSR count). The quantitative estimate of drug-likeness (QED) is 0.854. The number of hydrogen-bond acceptors (Lipinski definition) is 4. The fourth-order valence-electron chi connectivity index (χ4n) is 1.84. The van der Waals surface area contributed by atoms with Crippen LogP contribution in [-0.2, 0) is 4.79 Å². The number of amides is 1. The molecule has 0 unspecified atom stereocenters. The summed E-state index contributed by atoms with van der Waals surface area (Å²) in [6, 6.07) is 10.8. The summed E-state index contributed by atoms with van der Waals surface area (Å²) in [4.78, 5) is 23.3. The number of furan rings is 1. The van der Waals surface area contributed by atoms with Crippen molar-refractivity contribution in [1.29, 1.82) is 0 Å². The molecule has 0 radical (unpaired) electrons.